The van der Waals surface area contributed by atoms with Gasteiger partial charge in [-0.2, -0.15) is 0 Å². The van der Waals surface area contributed by atoms with Crippen LogP contribution in [0.15, 0.2) is 40.4 Å². The van der Waals surface area contributed by atoms with Crippen LogP contribution in [0.25, 0.3) is 11.3 Å². The molecule has 2 saturated heterocycles. The molecule has 35 heavy (non-hydrogen) atoms. The van der Waals surface area contributed by atoms with Gasteiger partial charge >= 0.3 is 6.36 Å². The molecule has 1 aromatic carbocycles. The van der Waals surface area contributed by atoms with Crippen molar-refractivity contribution in [1.82, 2.24) is 10.1 Å². The highest BCUT2D eigenvalue weighted by molar-refractivity contribution is 7.09. The van der Waals surface area contributed by atoms with E-state index in [1.165, 1.54) is 12.1 Å². The third-order valence-electron chi connectivity index (χ3n) is 7.38. The van der Waals surface area contributed by atoms with Crippen molar-refractivity contribution in [3.8, 4) is 17.0 Å². The molecule has 2 saturated carbocycles. The Kier molecular flexibility index (Phi) is 5.65. The quantitative estimate of drug-likeness (QED) is 0.344. The van der Waals surface area contributed by atoms with E-state index < -0.39 is 6.36 Å². The molecule has 4 heterocycles. The van der Waals surface area contributed by atoms with Crippen LogP contribution in [0, 0.1) is 5.41 Å². The summed E-state index contributed by atoms with van der Waals surface area (Å²) in [6.45, 7) is 1.33. The van der Waals surface area contributed by atoms with Crippen LogP contribution in [-0.2, 0) is 21.7 Å². The summed E-state index contributed by atoms with van der Waals surface area (Å²) in [7, 11) is 0. The van der Waals surface area contributed by atoms with E-state index >= 15 is 0 Å². The lowest BCUT2D eigenvalue weighted by molar-refractivity contribution is -0.274. The maximum atomic E-state index is 13.0. The van der Waals surface area contributed by atoms with Crippen molar-refractivity contribution in [3.05, 3.63) is 52.2 Å². The third-order valence-corrected chi connectivity index (χ3v) is 8.34. The summed E-state index contributed by atoms with van der Waals surface area (Å²) in [5.41, 5.74) is 0.957. The summed E-state index contributed by atoms with van der Waals surface area (Å²) in [4.78, 5) is 4.49. The molecule has 0 atom stereocenters. The van der Waals surface area contributed by atoms with Gasteiger partial charge in [0.2, 0.25) is 0 Å². The fourth-order valence-electron chi connectivity index (χ4n) is 5.26. The zero-order chi connectivity index (χ0) is 24.1. The Morgan fingerprint density at radius 1 is 1.11 bits per heavy atom. The molecule has 4 fully saturated rings. The molecule has 4 aliphatic rings. The fraction of sp³-hybridized carbons (Fsp3) is 0.520. The smallest absolute Gasteiger partial charge is 0.405 e. The number of thiazole rings is 1. The molecular formula is C25H25F3N2O4S. The van der Waals surface area contributed by atoms with Crippen molar-refractivity contribution >= 4 is 11.3 Å². The Morgan fingerprint density at radius 3 is 2.57 bits per heavy atom. The fourth-order valence-corrected chi connectivity index (χ4v) is 6.11. The van der Waals surface area contributed by atoms with Crippen LogP contribution in [-0.4, -0.2) is 29.7 Å². The van der Waals surface area contributed by atoms with Crippen molar-refractivity contribution in [3.63, 3.8) is 0 Å². The lowest BCUT2D eigenvalue weighted by atomic mass is 9.66. The summed E-state index contributed by atoms with van der Waals surface area (Å²) in [5, 5.41) is 7.19. The van der Waals surface area contributed by atoms with Gasteiger partial charge in [-0.3, -0.25) is 0 Å². The molecular weight excluding hydrogens is 481 g/mol. The predicted octanol–water partition coefficient (Wildman–Crippen LogP) is 6.58. The van der Waals surface area contributed by atoms with Gasteiger partial charge in [0, 0.05) is 34.0 Å². The van der Waals surface area contributed by atoms with E-state index in [0.29, 0.717) is 30.2 Å². The molecule has 0 amide bonds. The summed E-state index contributed by atoms with van der Waals surface area (Å²) in [5.74, 6) is 0.628. The second-order valence-electron chi connectivity index (χ2n) is 9.81. The minimum absolute atomic E-state index is 0.0621. The van der Waals surface area contributed by atoms with Crippen LogP contribution >= 0.6 is 11.3 Å². The van der Waals surface area contributed by atoms with E-state index in [2.05, 4.69) is 14.9 Å². The van der Waals surface area contributed by atoms with Gasteiger partial charge in [0.15, 0.2) is 0 Å². The van der Waals surface area contributed by atoms with Crippen molar-refractivity contribution in [2.75, 3.05) is 13.2 Å². The van der Waals surface area contributed by atoms with Crippen LogP contribution in [0.3, 0.4) is 0 Å². The van der Waals surface area contributed by atoms with Crippen LogP contribution in [0.5, 0.6) is 5.75 Å². The molecule has 10 heteroatoms. The molecule has 0 N–H and O–H groups in total. The number of aromatic nitrogens is 2. The average molecular weight is 507 g/mol. The molecule has 6 nitrogen and oxygen atoms in total. The van der Waals surface area contributed by atoms with E-state index in [0.717, 1.165) is 43.5 Å². The lowest BCUT2D eigenvalue weighted by Crippen LogP contribution is -2.51. The topological polar surface area (TPSA) is 66.6 Å². The number of hydrogen-bond acceptors (Lipinski definition) is 7. The molecule has 2 aromatic heterocycles. The highest BCUT2D eigenvalue weighted by Gasteiger charge is 2.52. The van der Waals surface area contributed by atoms with Crippen molar-refractivity contribution < 1.29 is 31.9 Å². The van der Waals surface area contributed by atoms with Gasteiger partial charge in [-0.15, -0.1) is 24.5 Å². The van der Waals surface area contributed by atoms with Crippen molar-refractivity contribution in [2.45, 2.75) is 63.0 Å². The first kappa shape index (κ1) is 23.0. The number of ether oxygens (including phenoxy) is 3. The highest BCUT2D eigenvalue weighted by atomic mass is 32.1. The maximum Gasteiger partial charge on any atom is 0.573 e. The number of benzene rings is 1. The first-order valence-electron chi connectivity index (χ1n) is 11.8. The number of halogens is 3. The van der Waals surface area contributed by atoms with Crippen molar-refractivity contribution in [2.24, 2.45) is 5.41 Å². The maximum absolute atomic E-state index is 13.0. The van der Waals surface area contributed by atoms with Crippen molar-refractivity contribution in [1.29, 1.82) is 0 Å². The van der Waals surface area contributed by atoms with Crippen LogP contribution in [0.4, 0.5) is 13.2 Å². The monoisotopic (exact) mass is 506 g/mol. The van der Waals surface area contributed by atoms with Gasteiger partial charge in [-0.1, -0.05) is 17.3 Å². The Morgan fingerprint density at radius 2 is 1.91 bits per heavy atom. The molecule has 0 radical (unpaired) electrons. The van der Waals surface area contributed by atoms with E-state index in [-0.39, 0.29) is 34.9 Å². The zero-order valence-electron chi connectivity index (χ0n) is 19.0. The molecule has 0 spiro atoms. The molecule has 3 aromatic rings. The second-order valence-corrected chi connectivity index (χ2v) is 10.7. The van der Waals surface area contributed by atoms with Gasteiger partial charge in [-0.25, -0.2) is 4.98 Å². The van der Waals surface area contributed by atoms with Gasteiger partial charge < -0.3 is 18.7 Å². The van der Waals surface area contributed by atoms with E-state index in [1.54, 1.807) is 23.5 Å². The van der Waals surface area contributed by atoms with E-state index in [9.17, 15) is 13.2 Å². The highest BCUT2D eigenvalue weighted by Crippen LogP contribution is 2.54. The second kappa shape index (κ2) is 8.60. The first-order chi connectivity index (χ1) is 16.9. The Bertz CT molecular complexity index is 1170. The van der Waals surface area contributed by atoms with Gasteiger partial charge in [0.1, 0.15) is 27.8 Å². The standard InChI is InChI=1S/C25H25F3N2O4S/c26-25(27,28)33-19-4-2-1-3-17(19)20-18(21(34-30-20)16-5-6-16)13-31-14-23-7-9-24(10-8-23,32-15-23)22-29-11-12-35-22/h1-4,11-12,16H,5-10,13-15H2. The lowest BCUT2D eigenvalue weighted by Gasteiger charge is -2.52. The van der Waals surface area contributed by atoms with Gasteiger partial charge in [-0.05, 0) is 50.7 Å². The largest absolute Gasteiger partial charge is 0.573 e. The third kappa shape index (κ3) is 4.47. The molecule has 2 bridgehead atoms. The summed E-state index contributed by atoms with van der Waals surface area (Å²) in [6, 6.07) is 6.00. The minimum atomic E-state index is -4.80. The number of para-hydroxylation sites is 1. The minimum Gasteiger partial charge on any atom is -0.405 e. The molecule has 186 valence electrons. The number of alkyl halides is 3. The predicted molar refractivity (Wildman–Crippen MR) is 121 cm³/mol. The SMILES string of the molecule is FC(F)(F)Oc1ccccc1-c1noc(C2CC2)c1COCC12CCC(c3nccs3)(CC1)OC2. The van der Waals surface area contributed by atoms with Crippen LogP contribution in [0.1, 0.15) is 60.8 Å². The number of nitrogens with zero attached hydrogens (tertiary/aromatic N) is 2. The summed E-state index contributed by atoms with van der Waals surface area (Å²) < 4.78 is 61.4. The Labute approximate surface area is 204 Å². The molecule has 0 unspecified atom stereocenters. The van der Waals surface area contributed by atoms with Crippen LogP contribution < -0.4 is 4.74 Å². The molecule has 7 rings (SSSR count). The van der Waals surface area contributed by atoms with Gasteiger partial charge in [0.25, 0.3) is 0 Å². The van der Waals surface area contributed by atoms with E-state index in [1.807, 2.05) is 11.6 Å². The Balaban J connectivity index is 1.19. The van der Waals surface area contributed by atoms with Gasteiger partial charge in [0.05, 0.1) is 19.8 Å². The van der Waals surface area contributed by atoms with E-state index in [4.69, 9.17) is 14.0 Å². The van der Waals surface area contributed by atoms with Crippen LogP contribution in [0.2, 0.25) is 0 Å². The number of fused-ring (bicyclic) bond motifs is 3. The Hall–Kier alpha value is -2.43. The summed E-state index contributed by atoms with van der Waals surface area (Å²) >= 11 is 1.64. The summed E-state index contributed by atoms with van der Waals surface area (Å²) in [6.07, 6.45) is 2.77. The molecule has 2 aliphatic carbocycles. The number of hydrogen-bond donors (Lipinski definition) is 0. The first-order valence-corrected chi connectivity index (χ1v) is 12.7. The normalized spacial score (nSPS) is 26.3. The zero-order valence-corrected chi connectivity index (χ0v) is 19.8. The molecule has 2 aliphatic heterocycles. The average Bonchev–Trinajstić information content (AvgIpc) is 3.36. The number of rotatable bonds is 8.